The average molecular weight is 294 g/mol. The van der Waals surface area contributed by atoms with Crippen LogP contribution in [0.2, 0.25) is 0 Å². The molecule has 2 heterocycles. The fraction of sp³-hybridized carbons (Fsp3) is 0.692. The highest BCUT2D eigenvalue weighted by Gasteiger charge is 2.47. The molecule has 3 unspecified atom stereocenters. The van der Waals surface area contributed by atoms with E-state index in [0.29, 0.717) is 18.2 Å². The van der Waals surface area contributed by atoms with Crippen molar-refractivity contribution >= 4 is 12.0 Å². The Bertz CT molecular complexity index is 518. The van der Waals surface area contributed by atoms with Gasteiger partial charge in [0, 0.05) is 6.04 Å². The molecule has 2 aliphatic rings. The maximum absolute atomic E-state index is 12.4. The number of nitrogens with one attached hydrogen (secondary N) is 1. The summed E-state index contributed by atoms with van der Waals surface area (Å²) in [6.07, 6.45) is 5.78. The monoisotopic (exact) mass is 294 g/mol. The fourth-order valence-electron chi connectivity index (χ4n) is 3.49. The molecule has 1 saturated carbocycles. The molecule has 1 saturated heterocycles. The van der Waals surface area contributed by atoms with Crippen LogP contribution in [0.15, 0.2) is 10.9 Å². The van der Waals surface area contributed by atoms with Crippen molar-refractivity contribution in [1.82, 2.24) is 20.4 Å². The van der Waals surface area contributed by atoms with E-state index in [1.165, 1.54) is 11.3 Å². The Morgan fingerprint density at radius 2 is 2.24 bits per heavy atom. The molecule has 3 atom stereocenters. The molecule has 2 fully saturated rings. The van der Waals surface area contributed by atoms with Crippen molar-refractivity contribution < 1.29 is 19.2 Å². The number of hydrogen-bond donors (Lipinski definition) is 2. The highest BCUT2D eigenvalue weighted by molar-refractivity contribution is 5.83. The normalized spacial score (nSPS) is 28.2. The summed E-state index contributed by atoms with van der Waals surface area (Å²) in [4.78, 5) is 29.1. The third-order valence-electron chi connectivity index (χ3n) is 4.41. The number of urea groups is 1. The van der Waals surface area contributed by atoms with E-state index in [2.05, 4.69) is 20.0 Å². The molecule has 0 spiro atoms. The van der Waals surface area contributed by atoms with Crippen LogP contribution in [0.1, 0.15) is 37.9 Å². The van der Waals surface area contributed by atoms with Gasteiger partial charge in [-0.1, -0.05) is 18.0 Å². The number of carboxylic acid groups (broad SMARTS) is 1. The second-order valence-electron chi connectivity index (χ2n) is 5.62. The van der Waals surface area contributed by atoms with Crippen LogP contribution in [0, 0.1) is 5.92 Å². The number of aromatic nitrogens is 2. The summed E-state index contributed by atoms with van der Waals surface area (Å²) in [5.74, 6) is -0.260. The van der Waals surface area contributed by atoms with Crippen molar-refractivity contribution in [2.24, 2.45) is 5.92 Å². The number of aliphatic carboxylic acids is 1. The minimum Gasteiger partial charge on any atom is -0.480 e. The van der Waals surface area contributed by atoms with E-state index >= 15 is 0 Å². The molecule has 3 rings (SSSR count). The van der Waals surface area contributed by atoms with Crippen LogP contribution < -0.4 is 5.32 Å². The number of likely N-dealkylation sites (tertiary alicyclic amines) is 1. The topological polar surface area (TPSA) is 109 Å². The van der Waals surface area contributed by atoms with Gasteiger partial charge in [0.25, 0.3) is 0 Å². The first-order valence-corrected chi connectivity index (χ1v) is 7.21. The van der Waals surface area contributed by atoms with Crippen LogP contribution in [-0.4, -0.2) is 44.2 Å². The minimum atomic E-state index is -0.931. The molecule has 2 amide bonds. The molecule has 8 heteroatoms. The predicted molar refractivity (Wildman–Crippen MR) is 70.2 cm³/mol. The minimum absolute atomic E-state index is 0.0325. The standard InChI is InChI=1S/C13H18N4O4/c18-12(19)10-5-8-3-1-2-4-9(8)17(10)13(20)14-6-11-15-7-21-16-11/h7-10H,1-6H2,(H,14,20)(H,18,19). The number of carbonyl (C=O) groups is 2. The lowest BCUT2D eigenvalue weighted by Crippen LogP contribution is -2.50. The van der Waals surface area contributed by atoms with Crippen molar-refractivity contribution in [1.29, 1.82) is 0 Å². The van der Waals surface area contributed by atoms with Crippen molar-refractivity contribution in [3.63, 3.8) is 0 Å². The Labute approximate surface area is 121 Å². The number of amides is 2. The summed E-state index contributed by atoms with van der Waals surface area (Å²) >= 11 is 0. The Balaban J connectivity index is 1.70. The van der Waals surface area contributed by atoms with Crippen molar-refractivity contribution in [3.8, 4) is 0 Å². The first-order chi connectivity index (χ1) is 10.2. The van der Waals surface area contributed by atoms with Crippen LogP contribution in [0.25, 0.3) is 0 Å². The number of rotatable bonds is 3. The summed E-state index contributed by atoms with van der Waals surface area (Å²) in [7, 11) is 0. The Morgan fingerprint density at radius 1 is 1.43 bits per heavy atom. The number of carbonyl (C=O) groups excluding carboxylic acids is 1. The van der Waals surface area contributed by atoms with Gasteiger partial charge in [-0.15, -0.1) is 0 Å². The third-order valence-corrected chi connectivity index (χ3v) is 4.41. The highest BCUT2D eigenvalue weighted by atomic mass is 16.5. The maximum atomic E-state index is 12.4. The van der Waals surface area contributed by atoms with Gasteiger partial charge in [-0.25, -0.2) is 9.59 Å². The van der Waals surface area contributed by atoms with Crippen molar-refractivity contribution in [3.05, 3.63) is 12.2 Å². The second kappa shape index (κ2) is 5.71. The van der Waals surface area contributed by atoms with E-state index in [4.69, 9.17) is 0 Å². The largest absolute Gasteiger partial charge is 0.480 e. The molecule has 0 bridgehead atoms. The van der Waals surface area contributed by atoms with E-state index in [1.807, 2.05) is 0 Å². The molecule has 0 radical (unpaired) electrons. The molecule has 1 aliphatic carbocycles. The van der Waals surface area contributed by atoms with Gasteiger partial charge in [-0.2, -0.15) is 4.98 Å². The lowest BCUT2D eigenvalue weighted by Gasteiger charge is -2.32. The Kier molecular flexibility index (Phi) is 3.76. The SMILES string of the molecule is O=C(O)C1CC2CCCCC2N1C(=O)NCc1ncon1. The van der Waals surface area contributed by atoms with Crippen LogP contribution >= 0.6 is 0 Å². The van der Waals surface area contributed by atoms with Crippen molar-refractivity contribution in [2.45, 2.75) is 50.7 Å². The molecule has 8 nitrogen and oxygen atoms in total. The van der Waals surface area contributed by atoms with Gasteiger partial charge < -0.3 is 19.8 Å². The summed E-state index contributed by atoms with van der Waals surface area (Å²) < 4.78 is 4.60. The Hall–Kier alpha value is -2.12. The van der Waals surface area contributed by atoms with E-state index < -0.39 is 12.0 Å². The van der Waals surface area contributed by atoms with Crippen LogP contribution in [-0.2, 0) is 11.3 Å². The van der Waals surface area contributed by atoms with E-state index in [0.717, 1.165) is 25.7 Å². The fourth-order valence-corrected chi connectivity index (χ4v) is 3.49. The van der Waals surface area contributed by atoms with Crippen LogP contribution in [0.4, 0.5) is 4.79 Å². The average Bonchev–Trinajstić information content (AvgIpc) is 3.11. The molecule has 1 aromatic heterocycles. The van der Waals surface area contributed by atoms with E-state index in [9.17, 15) is 14.7 Å². The number of carboxylic acids is 1. The molecule has 0 aromatic carbocycles. The van der Waals surface area contributed by atoms with Crippen molar-refractivity contribution in [2.75, 3.05) is 0 Å². The number of nitrogens with zero attached hydrogens (tertiary/aromatic N) is 3. The summed E-state index contributed by atoms with van der Waals surface area (Å²) in [5, 5.41) is 15.7. The lowest BCUT2D eigenvalue weighted by molar-refractivity contribution is -0.141. The van der Waals surface area contributed by atoms with Gasteiger partial charge >= 0.3 is 12.0 Å². The summed E-state index contributed by atoms with van der Waals surface area (Å²) in [6, 6.07) is -1.06. The number of hydrogen-bond acceptors (Lipinski definition) is 5. The van der Waals surface area contributed by atoms with Gasteiger partial charge in [-0.3, -0.25) is 0 Å². The molecular formula is C13H18N4O4. The first-order valence-electron chi connectivity index (χ1n) is 7.21. The zero-order valence-electron chi connectivity index (χ0n) is 11.6. The predicted octanol–water partition coefficient (Wildman–Crippen LogP) is 0.997. The Morgan fingerprint density at radius 3 is 2.95 bits per heavy atom. The molecule has 1 aromatic rings. The quantitative estimate of drug-likeness (QED) is 0.860. The van der Waals surface area contributed by atoms with Crippen LogP contribution in [0.5, 0.6) is 0 Å². The van der Waals surface area contributed by atoms with Gasteiger partial charge in [0.2, 0.25) is 6.39 Å². The summed E-state index contributed by atoms with van der Waals surface area (Å²) in [5.41, 5.74) is 0. The van der Waals surface area contributed by atoms with E-state index in [-0.39, 0.29) is 18.6 Å². The molecule has 2 N–H and O–H groups in total. The highest BCUT2D eigenvalue weighted by Crippen LogP contribution is 2.39. The van der Waals surface area contributed by atoms with E-state index in [1.54, 1.807) is 0 Å². The van der Waals surface area contributed by atoms with Gasteiger partial charge in [-0.05, 0) is 25.2 Å². The zero-order valence-corrected chi connectivity index (χ0v) is 11.6. The number of fused-ring (bicyclic) bond motifs is 1. The smallest absolute Gasteiger partial charge is 0.326 e. The van der Waals surface area contributed by atoms with Gasteiger partial charge in [0.05, 0.1) is 6.54 Å². The van der Waals surface area contributed by atoms with Gasteiger partial charge in [0.1, 0.15) is 6.04 Å². The second-order valence-corrected chi connectivity index (χ2v) is 5.62. The summed E-state index contributed by atoms with van der Waals surface area (Å²) in [6.45, 7) is 0.134. The molecule has 114 valence electrons. The first kappa shape index (κ1) is 13.8. The zero-order chi connectivity index (χ0) is 14.8. The van der Waals surface area contributed by atoms with Gasteiger partial charge in [0.15, 0.2) is 5.82 Å². The lowest BCUT2D eigenvalue weighted by atomic mass is 9.85. The third kappa shape index (κ3) is 2.70. The maximum Gasteiger partial charge on any atom is 0.326 e. The molecule has 21 heavy (non-hydrogen) atoms. The molecular weight excluding hydrogens is 276 g/mol. The van der Waals surface area contributed by atoms with Crippen LogP contribution in [0.3, 0.4) is 0 Å². The molecule has 1 aliphatic heterocycles.